The lowest BCUT2D eigenvalue weighted by atomic mass is 10.3. The van der Waals surface area contributed by atoms with Gasteiger partial charge in [-0.2, -0.15) is 5.10 Å². The molecular weight excluding hydrogens is 208 g/mol. The Balaban J connectivity index is 2.45. The third-order valence-electron chi connectivity index (χ3n) is 1.35. The fourth-order valence-electron chi connectivity index (χ4n) is 0.850. The average Bonchev–Trinajstić information content (AvgIpc) is 2.55. The number of aromatic amines is 1. The van der Waals surface area contributed by atoms with E-state index in [0.717, 1.165) is 15.8 Å². The molecule has 0 aromatic carbocycles. The summed E-state index contributed by atoms with van der Waals surface area (Å²) in [6.07, 6.45) is 5.14. The van der Waals surface area contributed by atoms with Gasteiger partial charge in [-0.05, 0) is 22.0 Å². The molecule has 0 amide bonds. The number of hydrogen-bond acceptors (Lipinski definition) is 2. The summed E-state index contributed by atoms with van der Waals surface area (Å²) in [6, 6.07) is 1.89. The molecule has 0 aliphatic heterocycles. The Kier molecular flexibility index (Phi) is 1.54. The molecule has 3 nitrogen and oxygen atoms in total. The molecule has 2 aromatic heterocycles. The van der Waals surface area contributed by atoms with E-state index in [4.69, 9.17) is 4.42 Å². The van der Waals surface area contributed by atoms with E-state index in [-0.39, 0.29) is 0 Å². The van der Waals surface area contributed by atoms with Crippen LogP contribution in [0.15, 0.2) is 33.6 Å². The zero-order valence-electron chi connectivity index (χ0n) is 5.54. The Bertz CT molecular complexity index is 339. The Labute approximate surface area is 71.5 Å². The lowest BCUT2D eigenvalue weighted by Gasteiger charge is -1.83. The van der Waals surface area contributed by atoms with Gasteiger partial charge >= 0.3 is 0 Å². The standard InChI is InChI=1S/C7H5BrN2O/c8-6-1-7(11-4-6)5-2-9-10-3-5/h1-4H,(H,9,10). The van der Waals surface area contributed by atoms with Gasteiger partial charge in [0.05, 0.1) is 16.2 Å². The van der Waals surface area contributed by atoms with Crippen LogP contribution in [-0.2, 0) is 0 Å². The molecule has 0 radical (unpaired) electrons. The molecule has 2 rings (SSSR count). The van der Waals surface area contributed by atoms with Gasteiger partial charge < -0.3 is 4.42 Å². The van der Waals surface area contributed by atoms with E-state index in [9.17, 15) is 0 Å². The number of nitrogens with one attached hydrogen (secondary N) is 1. The maximum absolute atomic E-state index is 5.20. The summed E-state index contributed by atoms with van der Waals surface area (Å²) in [7, 11) is 0. The van der Waals surface area contributed by atoms with Gasteiger partial charge in [-0.15, -0.1) is 0 Å². The van der Waals surface area contributed by atoms with Crippen molar-refractivity contribution in [3.63, 3.8) is 0 Å². The summed E-state index contributed by atoms with van der Waals surface area (Å²) in [5, 5.41) is 6.52. The highest BCUT2D eigenvalue weighted by molar-refractivity contribution is 9.10. The van der Waals surface area contributed by atoms with Crippen molar-refractivity contribution >= 4 is 15.9 Å². The summed E-state index contributed by atoms with van der Waals surface area (Å²) in [5.41, 5.74) is 0.954. The maximum atomic E-state index is 5.20. The Hall–Kier alpha value is -1.03. The van der Waals surface area contributed by atoms with Crippen molar-refractivity contribution in [1.82, 2.24) is 10.2 Å². The Morgan fingerprint density at radius 2 is 2.45 bits per heavy atom. The van der Waals surface area contributed by atoms with Gasteiger partial charge in [-0.3, -0.25) is 5.10 Å². The van der Waals surface area contributed by atoms with Crippen LogP contribution in [-0.4, -0.2) is 10.2 Å². The second-order valence-electron chi connectivity index (χ2n) is 2.12. The highest BCUT2D eigenvalue weighted by atomic mass is 79.9. The van der Waals surface area contributed by atoms with Crippen molar-refractivity contribution in [1.29, 1.82) is 0 Å². The average molecular weight is 213 g/mol. The summed E-state index contributed by atoms with van der Waals surface area (Å²) in [6.45, 7) is 0. The highest BCUT2D eigenvalue weighted by Crippen LogP contribution is 2.23. The second-order valence-corrected chi connectivity index (χ2v) is 3.03. The fraction of sp³-hybridized carbons (Fsp3) is 0. The minimum absolute atomic E-state index is 0.811. The number of rotatable bonds is 1. The molecule has 56 valence electrons. The quantitative estimate of drug-likeness (QED) is 0.790. The minimum atomic E-state index is 0.811. The third kappa shape index (κ3) is 1.21. The molecule has 0 aliphatic rings. The summed E-state index contributed by atoms with van der Waals surface area (Å²) in [5.74, 6) is 0.811. The topological polar surface area (TPSA) is 41.8 Å². The largest absolute Gasteiger partial charge is 0.463 e. The van der Waals surface area contributed by atoms with Crippen LogP contribution in [0.5, 0.6) is 0 Å². The van der Waals surface area contributed by atoms with E-state index in [1.54, 1.807) is 18.7 Å². The van der Waals surface area contributed by atoms with Crippen molar-refractivity contribution in [2.24, 2.45) is 0 Å². The molecule has 0 saturated heterocycles. The van der Waals surface area contributed by atoms with Gasteiger partial charge in [0.1, 0.15) is 12.0 Å². The van der Waals surface area contributed by atoms with E-state index >= 15 is 0 Å². The number of hydrogen-bond donors (Lipinski definition) is 1. The normalized spacial score (nSPS) is 10.3. The van der Waals surface area contributed by atoms with Crippen LogP contribution in [0.2, 0.25) is 0 Å². The van der Waals surface area contributed by atoms with Crippen LogP contribution in [0, 0.1) is 0 Å². The molecule has 0 aliphatic carbocycles. The van der Waals surface area contributed by atoms with Crippen LogP contribution in [0.25, 0.3) is 11.3 Å². The molecule has 0 saturated carbocycles. The number of furan rings is 1. The van der Waals surface area contributed by atoms with Crippen molar-refractivity contribution < 1.29 is 4.42 Å². The Morgan fingerprint density at radius 3 is 3.00 bits per heavy atom. The predicted octanol–water partition coefficient (Wildman–Crippen LogP) is 2.43. The molecule has 0 fully saturated rings. The first kappa shape index (κ1) is 6.67. The van der Waals surface area contributed by atoms with Crippen molar-refractivity contribution in [3.8, 4) is 11.3 Å². The van der Waals surface area contributed by atoms with E-state index < -0.39 is 0 Å². The predicted molar refractivity (Wildman–Crippen MR) is 44.0 cm³/mol. The van der Waals surface area contributed by atoms with Gasteiger partial charge in [0.25, 0.3) is 0 Å². The number of aromatic nitrogens is 2. The Morgan fingerprint density at radius 1 is 1.55 bits per heavy atom. The molecule has 2 heterocycles. The van der Waals surface area contributed by atoms with Gasteiger partial charge in [0.15, 0.2) is 0 Å². The van der Waals surface area contributed by atoms with Crippen LogP contribution in [0.4, 0.5) is 0 Å². The molecule has 0 bridgehead atoms. The smallest absolute Gasteiger partial charge is 0.138 e. The first-order chi connectivity index (χ1) is 5.36. The summed E-state index contributed by atoms with van der Waals surface area (Å²) < 4.78 is 6.14. The van der Waals surface area contributed by atoms with Crippen molar-refractivity contribution in [2.45, 2.75) is 0 Å². The van der Waals surface area contributed by atoms with Gasteiger partial charge in [0.2, 0.25) is 0 Å². The maximum Gasteiger partial charge on any atom is 0.138 e. The molecule has 4 heteroatoms. The molecule has 11 heavy (non-hydrogen) atoms. The molecule has 2 aromatic rings. The van der Waals surface area contributed by atoms with Crippen LogP contribution in [0.1, 0.15) is 0 Å². The zero-order valence-corrected chi connectivity index (χ0v) is 7.13. The van der Waals surface area contributed by atoms with Gasteiger partial charge in [0, 0.05) is 6.20 Å². The van der Waals surface area contributed by atoms with E-state index in [0.29, 0.717) is 0 Å². The van der Waals surface area contributed by atoms with E-state index in [2.05, 4.69) is 26.1 Å². The first-order valence-corrected chi connectivity index (χ1v) is 3.89. The number of nitrogens with zero attached hydrogens (tertiary/aromatic N) is 1. The van der Waals surface area contributed by atoms with Crippen molar-refractivity contribution in [3.05, 3.63) is 29.2 Å². The molecule has 0 unspecified atom stereocenters. The highest BCUT2D eigenvalue weighted by Gasteiger charge is 2.02. The SMILES string of the molecule is Brc1coc(-c2cn[nH]c2)c1. The van der Waals surface area contributed by atoms with Crippen LogP contribution in [0.3, 0.4) is 0 Å². The van der Waals surface area contributed by atoms with Crippen LogP contribution < -0.4 is 0 Å². The fourth-order valence-corrected chi connectivity index (χ4v) is 1.15. The molecular formula is C7H5BrN2O. The molecule has 1 N–H and O–H groups in total. The molecule has 0 spiro atoms. The lowest BCUT2D eigenvalue weighted by molar-refractivity contribution is 0.581. The lowest BCUT2D eigenvalue weighted by Crippen LogP contribution is -1.63. The number of halogens is 1. The van der Waals surface area contributed by atoms with Gasteiger partial charge in [-0.25, -0.2) is 0 Å². The minimum Gasteiger partial charge on any atom is -0.463 e. The van der Waals surface area contributed by atoms with E-state index in [1.807, 2.05) is 6.07 Å². The zero-order chi connectivity index (χ0) is 7.68. The van der Waals surface area contributed by atoms with Gasteiger partial charge in [-0.1, -0.05) is 0 Å². The second kappa shape index (κ2) is 2.54. The summed E-state index contributed by atoms with van der Waals surface area (Å²) in [4.78, 5) is 0. The monoisotopic (exact) mass is 212 g/mol. The molecule has 0 atom stereocenters. The number of H-pyrrole nitrogens is 1. The van der Waals surface area contributed by atoms with E-state index in [1.165, 1.54) is 0 Å². The first-order valence-electron chi connectivity index (χ1n) is 3.09. The van der Waals surface area contributed by atoms with Crippen LogP contribution >= 0.6 is 15.9 Å². The summed E-state index contributed by atoms with van der Waals surface area (Å²) >= 11 is 3.29. The van der Waals surface area contributed by atoms with Crippen molar-refractivity contribution in [2.75, 3.05) is 0 Å². The third-order valence-corrected chi connectivity index (χ3v) is 1.77.